The SMILES string of the molecule is C[Si](C)(C)OC1=CCCCCCCCCCC1. The van der Waals surface area contributed by atoms with Crippen LogP contribution < -0.4 is 0 Å². The van der Waals surface area contributed by atoms with Crippen LogP contribution in [-0.2, 0) is 4.43 Å². The van der Waals surface area contributed by atoms with Gasteiger partial charge < -0.3 is 4.43 Å². The van der Waals surface area contributed by atoms with Gasteiger partial charge in [-0.15, -0.1) is 0 Å². The molecule has 0 aliphatic heterocycles. The van der Waals surface area contributed by atoms with Crippen molar-refractivity contribution in [2.75, 3.05) is 0 Å². The molecule has 0 radical (unpaired) electrons. The third kappa shape index (κ3) is 8.48. The van der Waals surface area contributed by atoms with Gasteiger partial charge in [0.05, 0.1) is 5.76 Å². The van der Waals surface area contributed by atoms with Crippen molar-refractivity contribution in [3.05, 3.63) is 11.8 Å². The van der Waals surface area contributed by atoms with Crippen LogP contribution in [0.15, 0.2) is 11.8 Å². The fourth-order valence-corrected chi connectivity index (χ4v) is 3.33. The van der Waals surface area contributed by atoms with Gasteiger partial charge in [-0.25, -0.2) is 0 Å². The first kappa shape index (κ1) is 14.8. The summed E-state index contributed by atoms with van der Waals surface area (Å²) in [6, 6.07) is 0. The van der Waals surface area contributed by atoms with Gasteiger partial charge in [-0.3, -0.25) is 0 Å². The molecule has 1 aliphatic carbocycles. The van der Waals surface area contributed by atoms with Gasteiger partial charge in [-0.05, 0) is 45.0 Å². The Bertz CT molecular complexity index is 228. The summed E-state index contributed by atoms with van der Waals surface area (Å²) in [4.78, 5) is 0. The third-order valence-corrected chi connectivity index (χ3v) is 4.06. The lowest BCUT2D eigenvalue weighted by molar-refractivity contribution is 0.386. The van der Waals surface area contributed by atoms with Crippen molar-refractivity contribution >= 4 is 8.32 Å². The van der Waals surface area contributed by atoms with Crippen molar-refractivity contribution in [1.82, 2.24) is 0 Å². The molecule has 0 atom stereocenters. The average Bonchev–Trinajstić information content (AvgIpc) is 2.20. The van der Waals surface area contributed by atoms with E-state index in [-0.39, 0.29) is 0 Å². The molecule has 0 amide bonds. The van der Waals surface area contributed by atoms with Gasteiger partial charge >= 0.3 is 0 Å². The quantitative estimate of drug-likeness (QED) is 0.580. The Balaban J connectivity index is 2.44. The molecule has 0 N–H and O–H groups in total. The highest BCUT2D eigenvalue weighted by Gasteiger charge is 2.17. The Kier molecular flexibility index (Phi) is 6.94. The van der Waals surface area contributed by atoms with Crippen molar-refractivity contribution in [3.63, 3.8) is 0 Å². The van der Waals surface area contributed by atoms with Gasteiger partial charge in [-0.2, -0.15) is 0 Å². The van der Waals surface area contributed by atoms with Crippen LogP contribution in [0.5, 0.6) is 0 Å². The van der Waals surface area contributed by atoms with E-state index in [0.29, 0.717) is 0 Å². The summed E-state index contributed by atoms with van der Waals surface area (Å²) in [5.41, 5.74) is 0. The molecule has 0 aromatic rings. The molecule has 0 saturated carbocycles. The van der Waals surface area contributed by atoms with E-state index in [9.17, 15) is 0 Å². The molecular weight excluding hydrogens is 224 g/mol. The summed E-state index contributed by atoms with van der Waals surface area (Å²) in [6.45, 7) is 6.85. The topological polar surface area (TPSA) is 9.23 Å². The molecular formula is C15H30OSi. The zero-order valence-corrected chi connectivity index (χ0v) is 13.1. The number of hydrogen-bond acceptors (Lipinski definition) is 1. The first-order chi connectivity index (χ1) is 8.08. The van der Waals surface area contributed by atoms with E-state index in [1.165, 1.54) is 70.0 Å². The van der Waals surface area contributed by atoms with Crippen LogP contribution >= 0.6 is 0 Å². The second kappa shape index (κ2) is 7.96. The summed E-state index contributed by atoms with van der Waals surface area (Å²) in [7, 11) is -1.40. The van der Waals surface area contributed by atoms with E-state index >= 15 is 0 Å². The van der Waals surface area contributed by atoms with E-state index < -0.39 is 8.32 Å². The first-order valence-electron chi connectivity index (χ1n) is 7.46. The number of allylic oxidation sites excluding steroid dienone is 2. The molecule has 0 aromatic carbocycles. The van der Waals surface area contributed by atoms with Crippen LogP contribution in [0.25, 0.3) is 0 Å². The van der Waals surface area contributed by atoms with Gasteiger partial charge in [0.25, 0.3) is 0 Å². The standard InChI is InChI=1S/C15H30OSi/c1-17(2,3)16-15-13-11-9-7-5-4-6-8-10-12-14-15/h13H,4-12,14H2,1-3H3. The zero-order chi connectivity index (χ0) is 12.6. The lowest BCUT2D eigenvalue weighted by Gasteiger charge is -2.22. The second-order valence-corrected chi connectivity index (χ2v) is 10.7. The van der Waals surface area contributed by atoms with Crippen molar-refractivity contribution < 1.29 is 4.43 Å². The normalized spacial score (nSPS) is 21.0. The molecule has 0 saturated heterocycles. The van der Waals surface area contributed by atoms with E-state index in [4.69, 9.17) is 4.43 Å². The summed E-state index contributed by atoms with van der Waals surface area (Å²) in [5.74, 6) is 1.30. The molecule has 0 bridgehead atoms. The van der Waals surface area contributed by atoms with Crippen LogP contribution in [0, 0.1) is 0 Å². The molecule has 17 heavy (non-hydrogen) atoms. The Morgan fingerprint density at radius 2 is 1.35 bits per heavy atom. The van der Waals surface area contributed by atoms with Crippen LogP contribution in [-0.4, -0.2) is 8.32 Å². The monoisotopic (exact) mass is 254 g/mol. The van der Waals surface area contributed by atoms with Gasteiger partial charge in [0, 0.05) is 6.42 Å². The molecule has 1 aliphatic rings. The predicted octanol–water partition coefficient (Wildman–Crippen LogP) is 5.64. The second-order valence-electron chi connectivity index (χ2n) is 6.25. The summed E-state index contributed by atoms with van der Waals surface area (Å²) < 4.78 is 6.18. The van der Waals surface area contributed by atoms with Crippen LogP contribution in [0.1, 0.15) is 64.2 Å². The van der Waals surface area contributed by atoms with Crippen molar-refractivity contribution in [3.8, 4) is 0 Å². The molecule has 1 rings (SSSR count). The van der Waals surface area contributed by atoms with Crippen molar-refractivity contribution in [2.45, 2.75) is 83.8 Å². The highest BCUT2D eigenvalue weighted by atomic mass is 28.4. The molecule has 0 fully saturated rings. The lowest BCUT2D eigenvalue weighted by Crippen LogP contribution is -2.24. The fourth-order valence-electron chi connectivity index (χ4n) is 2.36. The van der Waals surface area contributed by atoms with Gasteiger partial charge in [0.2, 0.25) is 8.32 Å². The summed E-state index contributed by atoms with van der Waals surface area (Å²) in [6.07, 6.45) is 15.9. The van der Waals surface area contributed by atoms with Crippen LogP contribution in [0.3, 0.4) is 0 Å². The summed E-state index contributed by atoms with van der Waals surface area (Å²) >= 11 is 0. The highest BCUT2D eigenvalue weighted by Crippen LogP contribution is 2.20. The number of rotatable bonds is 2. The fraction of sp³-hybridized carbons (Fsp3) is 0.867. The summed E-state index contributed by atoms with van der Waals surface area (Å²) in [5, 5.41) is 0. The van der Waals surface area contributed by atoms with Crippen molar-refractivity contribution in [1.29, 1.82) is 0 Å². The van der Waals surface area contributed by atoms with E-state index in [1.807, 2.05) is 0 Å². The maximum Gasteiger partial charge on any atom is 0.241 e. The third-order valence-electron chi connectivity index (χ3n) is 3.19. The minimum atomic E-state index is -1.40. The van der Waals surface area contributed by atoms with Gasteiger partial charge in [0.15, 0.2) is 0 Å². The Hall–Kier alpha value is -0.243. The molecule has 2 heteroatoms. The molecule has 1 nitrogen and oxygen atoms in total. The smallest absolute Gasteiger partial charge is 0.241 e. The zero-order valence-electron chi connectivity index (χ0n) is 12.1. The van der Waals surface area contributed by atoms with Gasteiger partial charge in [-0.1, -0.05) is 38.5 Å². The first-order valence-corrected chi connectivity index (χ1v) is 10.9. The highest BCUT2D eigenvalue weighted by molar-refractivity contribution is 6.70. The Labute approximate surface area is 109 Å². The predicted molar refractivity (Wildman–Crippen MR) is 78.7 cm³/mol. The molecule has 0 aromatic heterocycles. The number of hydrogen-bond donors (Lipinski definition) is 0. The van der Waals surface area contributed by atoms with E-state index in [1.54, 1.807) is 0 Å². The Morgan fingerprint density at radius 3 is 1.94 bits per heavy atom. The molecule has 0 spiro atoms. The van der Waals surface area contributed by atoms with Crippen LogP contribution in [0.2, 0.25) is 19.6 Å². The Morgan fingerprint density at radius 1 is 0.824 bits per heavy atom. The maximum absolute atomic E-state index is 6.18. The molecule has 0 heterocycles. The van der Waals surface area contributed by atoms with Crippen molar-refractivity contribution in [2.24, 2.45) is 0 Å². The minimum absolute atomic E-state index is 1.17. The van der Waals surface area contributed by atoms with E-state index in [2.05, 4.69) is 25.7 Å². The molecule has 0 unspecified atom stereocenters. The molecule has 100 valence electrons. The van der Waals surface area contributed by atoms with Crippen LogP contribution in [0.4, 0.5) is 0 Å². The lowest BCUT2D eigenvalue weighted by atomic mass is 10.0. The van der Waals surface area contributed by atoms with E-state index in [0.717, 1.165) is 0 Å². The average molecular weight is 254 g/mol. The maximum atomic E-state index is 6.18. The van der Waals surface area contributed by atoms with Gasteiger partial charge in [0.1, 0.15) is 0 Å². The minimum Gasteiger partial charge on any atom is -0.548 e. The largest absolute Gasteiger partial charge is 0.548 e.